The van der Waals surface area contributed by atoms with Crippen molar-refractivity contribution < 1.29 is 4.52 Å². The molecule has 0 bridgehead atoms. The number of rotatable bonds is 4. The number of hydrogen-bond donors (Lipinski definition) is 0. The third kappa shape index (κ3) is 3.43. The van der Waals surface area contributed by atoms with E-state index in [9.17, 15) is 4.79 Å². The number of aromatic nitrogens is 5. The molecule has 0 unspecified atom stereocenters. The number of nitrogens with zero attached hydrogens (tertiary/aromatic N) is 6. The molecule has 1 fully saturated rings. The molecular weight excluding hydrogens is 392 g/mol. The summed E-state index contributed by atoms with van der Waals surface area (Å²) in [5.41, 5.74) is 3.78. The van der Waals surface area contributed by atoms with E-state index in [0.29, 0.717) is 5.82 Å². The molecule has 0 radical (unpaired) electrons. The van der Waals surface area contributed by atoms with Crippen LogP contribution < -0.4 is 10.5 Å². The van der Waals surface area contributed by atoms with Crippen molar-refractivity contribution in [3.8, 4) is 22.7 Å². The van der Waals surface area contributed by atoms with E-state index in [0.717, 1.165) is 47.9 Å². The van der Waals surface area contributed by atoms with Crippen molar-refractivity contribution in [3.63, 3.8) is 0 Å². The summed E-state index contributed by atoms with van der Waals surface area (Å²) in [5.74, 6) is 2.20. The predicted molar refractivity (Wildman–Crippen MR) is 118 cm³/mol. The van der Waals surface area contributed by atoms with Crippen LogP contribution in [0.5, 0.6) is 0 Å². The molecule has 1 aromatic carbocycles. The molecule has 1 aliphatic heterocycles. The van der Waals surface area contributed by atoms with Gasteiger partial charge in [-0.05, 0) is 31.9 Å². The van der Waals surface area contributed by atoms with E-state index in [1.54, 1.807) is 19.3 Å². The van der Waals surface area contributed by atoms with Crippen LogP contribution in [0.3, 0.4) is 0 Å². The van der Waals surface area contributed by atoms with Gasteiger partial charge in [0.05, 0.1) is 6.04 Å². The highest BCUT2D eigenvalue weighted by Gasteiger charge is 2.32. The third-order valence-corrected chi connectivity index (χ3v) is 5.90. The zero-order valence-corrected chi connectivity index (χ0v) is 17.8. The molecule has 1 aliphatic rings. The Labute approximate surface area is 179 Å². The minimum Gasteiger partial charge on any atom is -0.356 e. The van der Waals surface area contributed by atoms with Gasteiger partial charge in [0, 0.05) is 50.1 Å². The Bertz CT molecular complexity index is 1300. The minimum atomic E-state index is -0.0765. The van der Waals surface area contributed by atoms with Crippen LogP contribution >= 0.6 is 0 Å². The first-order valence-corrected chi connectivity index (χ1v) is 10.4. The Balaban J connectivity index is 1.46. The molecule has 0 saturated carbocycles. The normalized spacial score (nSPS) is 16.2. The summed E-state index contributed by atoms with van der Waals surface area (Å²) in [6.45, 7) is 2.92. The van der Waals surface area contributed by atoms with Crippen molar-refractivity contribution in [2.45, 2.75) is 25.8 Å². The Morgan fingerprint density at radius 2 is 1.94 bits per heavy atom. The zero-order valence-electron chi connectivity index (χ0n) is 17.8. The lowest BCUT2D eigenvalue weighted by Gasteiger charge is -2.23. The van der Waals surface area contributed by atoms with Crippen molar-refractivity contribution in [1.82, 2.24) is 24.5 Å². The Morgan fingerprint density at radius 1 is 1.06 bits per heavy atom. The van der Waals surface area contributed by atoms with Gasteiger partial charge in [-0.3, -0.25) is 9.36 Å². The maximum Gasteiger partial charge on any atom is 0.250 e. The predicted octanol–water partition coefficient (Wildman–Crippen LogP) is 3.49. The van der Waals surface area contributed by atoms with E-state index >= 15 is 0 Å². The van der Waals surface area contributed by atoms with Gasteiger partial charge < -0.3 is 14.0 Å². The van der Waals surface area contributed by atoms with E-state index in [1.807, 2.05) is 35.9 Å². The summed E-state index contributed by atoms with van der Waals surface area (Å²) in [7, 11) is 3.66. The van der Waals surface area contributed by atoms with Gasteiger partial charge in [-0.2, -0.15) is 0 Å². The fourth-order valence-corrected chi connectivity index (χ4v) is 4.20. The zero-order chi connectivity index (χ0) is 21.5. The highest BCUT2D eigenvalue weighted by Crippen LogP contribution is 2.37. The molecule has 4 aromatic rings. The van der Waals surface area contributed by atoms with Gasteiger partial charge >= 0.3 is 0 Å². The molecule has 8 heteroatoms. The molecule has 8 nitrogen and oxygen atoms in total. The smallest absolute Gasteiger partial charge is 0.250 e. The average Bonchev–Trinajstić information content (AvgIpc) is 3.49. The van der Waals surface area contributed by atoms with Gasteiger partial charge in [-0.1, -0.05) is 28.9 Å². The van der Waals surface area contributed by atoms with E-state index in [2.05, 4.69) is 39.3 Å². The van der Waals surface area contributed by atoms with Crippen LogP contribution in [-0.4, -0.2) is 31.0 Å². The standard InChI is InChI=1S/C23H24N6O2/c1-15-6-4-7-16(12-15)20-14-18(26-31-20)19-8-5-10-29(19)23-25-24-22(28(23)3)17-9-11-27(2)21(30)13-17/h4,6-7,9,11-14,19H,5,8,10H2,1-3H3/t19-/m1/s1. The fraction of sp³-hybridized carbons (Fsp3) is 0.304. The number of aryl methyl sites for hydroxylation is 2. The molecule has 0 N–H and O–H groups in total. The average molecular weight is 416 g/mol. The van der Waals surface area contributed by atoms with Crippen LogP contribution in [-0.2, 0) is 14.1 Å². The van der Waals surface area contributed by atoms with Crippen molar-refractivity contribution in [2.75, 3.05) is 11.4 Å². The quantitative estimate of drug-likeness (QED) is 0.507. The second kappa shape index (κ2) is 7.54. The van der Waals surface area contributed by atoms with Crippen molar-refractivity contribution in [3.05, 3.63) is 70.3 Å². The molecule has 31 heavy (non-hydrogen) atoms. The highest BCUT2D eigenvalue weighted by atomic mass is 16.5. The first-order chi connectivity index (χ1) is 15.0. The maximum atomic E-state index is 12.0. The highest BCUT2D eigenvalue weighted by molar-refractivity contribution is 5.60. The van der Waals surface area contributed by atoms with Gasteiger partial charge in [0.2, 0.25) is 5.95 Å². The summed E-state index contributed by atoms with van der Waals surface area (Å²) >= 11 is 0. The monoisotopic (exact) mass is 416 g/mol. The number of pyridine rings is 1. The van der Waals surface area contributed by atoms with Crippen LogP contribution in [0.4, 0.5) is 5.95 Å². The Morgan fingerprint density at radius 3 is 2.74 bits per heavy atom. The molecule has 3 aromatic heterocycles. The van der Waals surface area contributed by atoms with Gasteiger partial charge in [0.15, 0.2) is 11.6 Å². The lowest BCUT2D eigenvalue weighted by molar-refractivity contribution is 0.416. The van der Waals surface area contributed by atoms with E-state index in [1.165, 1.54) is 10.1 Å². The van der Waals surface area contributed by atoms with E-state index < -0.39 is 0 Å². The van der Waals surface area contributed by atoms with Gasteiger partial charge in [-0.25, -0.2) is 0 Å². The molecule has 1 atom stereocenters. The Hall–Kier alpha value is -3.68. The summed E-state index contributed by atoms with van der Waals surface area (Å²) < 4.78 is 9.15. The third-order valence-electron chi connectivity index (χ3n) is 5.90. The van der Waals surface area contributed by atoms with Gasteiger partial charge in [0.25, 0.3) is 5.56 Å². The molecular formula is C23H24N6O2. The van der Waals surface area contributed by atoms with Crippen molar-refractivity contribution >= 4 is 5.95 Å². The van der Waals surface area contributed by atoms with Crippen LogP contribution in [0.25, 0.3) is 22.7 Å². The number of hydrogen-bond acceptors (Lipinski definition) is 6. The molecule has 4 heterocycles. The molecule has 0 aliphatic carbocycles. The summed E-state index contributed by atoms with van der Waals surface area (Å²) in [5, 5.41) is 13.2. The number of benzene rings is 1. The second-order valence-corrected chi connectivity index (χ2v) is 8.08. The molecule has 0 amide bonds. The first-order valence-electron chi connectivity index (χ1n) is 10.4. The lowest BCUT2D eigenvalue weighted by atomic mass is 10.1. The van der Waals surface area contributed by atoms with Crippen LogP contribution in [0.1, 0.15) is 30.1 Å². The summed E-state index contributed by atoms with van der Waals surface area (Å²) in [4.78, 5) is 14.3. The van der Waals surface area contributed by atoms with Crippen LogP contribution in [0.15, 0.2) is 58.0 Å². The van der Waals surface area contributed by atoms with Crippen LogP contribution in [0, 0.1) is 6.92 Å². The van der Waals surface area contributed by atoms with Crippen LogP contribution in [0.2, 0.25) is 0 Å². The van der Waals surface area contributed by atoms with Crippen molar-refractivity contribution in [2.24, 2.45) is 14.1 Å². The maximum absolute atomic E-state index is 12.0. The fourth-order valence-electron chi connectivity index (χ4n) is 4.20. The topological polar surface area (TPSA) is 82.0 Å². The van der Waals surface area contributed by atoms with Crippen molar-refractivity contribution in [1.29, 1.82) is 0 Å². The molecule has 158 valence electrons. The molecule has 1 saturated heterocycles. The lowest BCUT2D eigenvalue weighted by Crippen LogP contribution is -2.25. The second-order valence-electron chi connectivity index (χ2n) is 8.08. The number of anilines is 1. The largest absolute Gasteiger partial charge is 0.356 e. The minimum absolute atomic E-state index is 0.0710. The van der Waals surface area contributed by atoms with E-state index in [4.69, 9.17) is 4.52 Å². The SMILES string of the molecule is Cc1cccc(-c2cc([C@H]3CCCN3c3nnc(-c4ccn(C)c(=O)c4)n3C)no2)c1. The van der Waals surface area contributed by atoms with Gasteiger partial charge in [-0.15, -0.1) is 10.2 Å². The Kier molecular flexibility index (Phi) is 4.69. The molecule has 0 spiro atoms. The first kappa shape index (κ1) is 19.3. The molecule has 5 rings (SSSR count). The van der Waals surface area contributed by atoms with E-state index in [-0.39, 0.29) is 11.6 Å². The van der Waals surface area contributed by atoms with Gasteiger partial charge in [0.1, 0.15) is 5.69 Å². The summed E-state index contributed by atoms with van der Waals surface area (Å²) in [6.07, 6.45) is 3.74. The summed E-state index contributed by atoms with van der Waals surface area (Å²) in [6, 6.07) is 13.8.